The van der Waals surface area contributed by atoms with Crippen LogP contribution in [0.5, 0.6) is 0 Å². The van der Waals surface area contributed by atoms with Gasteiger partial charge < -0.3 is 0 Å². The van der Waals surface area contributed by atoms with Crippen LogP contribution in [0.3, 0.4) is 0 Å². The van der Waals surface area contributed by atoms with E-state index in [0.29, 0.717) is 5.92 Å². The number of hydrogen-bond donors (Lipinski definition) is 0. The molecule has 1 atom stereocenters. The van der Waals surface area contributed by atoms with Gasteiger partial charge in [0.15, 0.2) is 0 Å². The average molecular weight is 230 g/mol. The molecule has 0 fully saturated rings. The van der Waals surface area contributed by atoms with E-state index >= 15 is 0 Å². The Hall–Kier alpha value is -2.08. The van der Waals surface area contributed by atoms with Gasteiger partial charge in [-0.25, -0.2) is 0 Å². The van der Waals surface area contributed by atoms with Gasteiger partial charge in [-0.15, -0.1) is 0 Å². The maximum atomic E-state index is 2.36. The summed E-state index contributed by atoms with van der Waals surface area (Å²) in [6, 6.07) is 11.1. The largest absolute Gasteiger partial charge is 0.0726 e. The van der Waals surface area contributed by atoms with Crippen LogP contribution in [0, 0.1) is 6.92 Å². The molecule has 86 valence electrons. The molecule has 18 heavy (non-hydrogen) atoms. The molecule has 1 unspecified atom stereocenters. The van der Waals surface area contributed by atoms with Crippen molar-refractivity contribution in [3.63, 3.8) is 0 Å². The highest BCUT2D eigenvalue weighted by Crippen LogP contribution is 2.43. The van der Waals surface area contributed by atoms with Gasteiger partial charge in [0.25, 0.3) is 0 Å². The van der Waals surface area contributed by atoms with Gasteiger partial charge in [0.05, 0.1) is 0 Å². The molecule has 0 N–H and O–H groups in total. The first-order valence-electron chi connectivity index (χ1n) is 6.43. The number of fused-ring (bicyclic) bond motifs is 5. The smallest absolute Gasteiger partial charge is 0.0279 e. The maximum absolute atomic E-state index is 2.36. The molecule has 0 aliphatic heterocycles. The Balaban J connectivity index is 2.11. The minimum atomic E-state index is 0.466. The molecule has 0 saturated carbocycles. The fourth-order valence-electron chi connectivity index (χ4n) is 3.17. The van der Waals surface area contributed by atoms with Crippen molar-refractivity contribution in [3.05, 3.63) is 76.9 Å². The molecule has 2 aliphatic carbocycles. The van der Waals surface area contributed by atoms with Crippen LogP contribution in [-0.4, -0.2) is 0 Å². The van der Waals surface area contributed by atoms with Crippen LogP contribution in [0.25, 0.3) is 16.8 Å². The molecule has 0 amide bonds. The summed E-state index contributed by atoms with van der Waals surface area (Å²) in [6.07, 6.45) is 11.2. The van der Waals surface area contributed by atoms with Gasteiger partial charge in [0.1, 0.15) is 0 Å². The van der Waals surface area contributed by atoms with Crippen molar-refractivity contribution in [2.45, 2.75) is 12.8 Å². The van der Waals surface area contributed by atoms with E-state index in [1.54, 1.807) is 0 Å². The molecule has 0 radical (unpaired) electrons. The summed E-state index contributed by atoms with van der Waals surface area (Å²) in [5.74, 6) is 0.466. The lowest BCUT2D eigenvalue weighted by Crippen LogP contribution is -1.97. The standard InChI is InChI=1S/C18H14/c1-12-10-17-15-8-3-2-6-13(15)11-18(17)16-9-5-4-7-14(12)16/h2-11,15H,1H3. The van der Waals surface area contributed by atoms with Gasteiger partial charge in [-0.2, -0.15) is 0 Å². The zero-order valence-electron chi connectivity index (χ0n) is 10.4. The summed E-state index contributed by atoms with van der Waals surface area (Å²) < 4.78 is 0. The summed E-state index contributed by atoms with van der Waals surface area (Å²) in [6.45, 7) is 2.21. The van der Waals surface area contributed by atoms with E-state index in [-0.39, 0.29) is 0 Å². The van der Waals surface area contributed by atoms with Crippen molar-refractivity contribution in [2.75, 3.05) is 0 Å². The SMILES string of the molecule is Cc1cc2c(c3ccccc13)C=C1C=CC=CC12. The van der Waals surface area contributed by atoms with Gasteiger partial charge in [0, 0.05) is 5.92 Å². The van der Waals surface area contributed by atoms with Crippen LogP contribution in [-0.2, 0) is 0 Å². The van der Waals surface area contributed by atoms with Crippen molar-refractivity contribution < 1.29 is 0 Å². The summed E-state index contributed by atoms with van der Waals surface area (Å²) in [5.41, 5.74) is 5.67. The fraction of sp³-hybridized carbons (Fsp3) is 0.111. The lowest BCUT2D eigenvalue weighted by Gasteiger charge is -2.14. The van der Waals surface area contributed by atoms with Gasteiger partial charge >= 0.3 is 0 Å². The summed E-state index contributed by atoms with van der Waals surface area (Å²) in [5, 5.41) is 2.76. The Morgan fingerprint density at radius 3 is 2.72 bits per heavy atom. The van der Waals surface area contributed by atoms with E-state index in [2.05, 4.69) is 67.6 Å². The maximum Gasteiger partial charge on any atom is 0.0279 e. The molecule has 0 spiro atoms. The van der Waals surface area contributed by atoms with Crippen molar-refractivity contribution in [1.29, 1.82) is 0 Å². The first kappa shape index (κ1) is 9.90. The third kappa shape index (κ3) is 1.20. The van der Waals surface area contributed by atoms with E-state index in [9.17, 15) is 0 Å². The lowest BCUT2D eigenvalue weighted by atomic mass is 9.89. The number of benzene rings is 2. The second-order valence-electron chi connectivity index (χ2n) is 5.11. The fourth-order valence-corrected chi connectivity index (χ4v) is 3.17. The van der Waals surface area contributed by atoms with E-state index in [1.165, 1.54) is 33.0 Å². The Kier molecular flexibility index (Phi) is 1.90. The van der Waals surface area contributed by atoms with Crippen LogP contribution in [0.2, 0.25) is 0 Å². The zero-order chi connectivity index (χ0) is 12.1. The van der Waals surface area contributed by atoms with Crippen LogP contribution in [0.1, 0.15) is 22.6 Å². The minimum absolute atomic E-state index is 0.466. The van der Waals surface area contributed by atoms with Crippen LogP contribution in [0.4, 0.5) is 0 Å². The van der Waals surface area contributed by atoms with Gasteiger partial charge in [-0.1, -0.05) is 54.6 Å². The molecular weight excluding hydrogens is 216 g/mol. The second-order valence-corrected chi connectivity index (χ2v) is 5.11. The molecule has 0 saturated heterocycles. The van der Waals surface area contributed by atoms with Crippen molar-refractivity contribution in [1.82, 2.24) is 0 Å². The van der Waals surface area contributed by atoms with Crippen molar-refractivity contribution >= 4 is 16.8 Å². The van der Waals surface area contributed by atoms with Crippen LogP contribution < -0.4 is 0 Å². The molecule has 0 nitrogen and oxygen atoms in total. The first-order valence-corrected chi connectivity index (χ1v) is 6.43. The molecule has 2 aliphatic rings. The normalized spacial score (nSPS) is 19.8. The third-order valence-electron chi connectivity index (χ3n) is 4.03. The summed E-state index contributed by atoms with van der Waals surface area (Å²) >= 11 is 0. The molecule has 0 heterocycles. The minimum Gasteiger partial charge on any atom is -0.0726 e. The molecule has 2 aromatic carbocycles. The molecule has 0 bridgehead atoms. The van der Waals surface area contributed by atoms with Crippen LogP contribution >= 0.6 is 0 Å². The highest BCUT2D eigenvalue weighted by Gasteiger charge is 2.24. The predicted molar refractivity (Wildman–Crippen MR) is 77.7 cm³/mol. The lowest BCUT2D eigenvalue weighted by molar-refractivity contribution is 1.05. The highest BCUT2D eigenvalue weighted by atomic mass is 14.3. The van der Waals surface area contributed by atoms with Crippen molar-refractivity contribution in [3.8, 4) is 0 Å². The topological polar surface area (TPSA) is 0 Å². The first-order chi connectivity index (χ1) is 8.84. The Morgan fingerprint density at radius 2 is 1.83 bits per heavy atom. The average Bonchev–Trinajstić information content (AvgIpc) is 2.78. The molecule has 0 heteroatoms. The van der Waals surface area contributed by atoms with E-state index in [1.807, 2.05) is 0 Å². The number of allylic oxidation sites excluding steroid dienone is 5. The number of rotatable bonds is 0. The zero-order valence-corrected chi connectivity index (χ0v) is 10.4. The van der Waals surface area contributed by atoms with Gasteiger partial charge in [-0.3, -0.25) is 0 Å². The molecule has 4 rings (SSSR count). The molecular formula is C18H14. The monoisotopic (exact) mass is 230 g/mol. The molecule has 0 aromatic heterocycles. The third-order valence-corrected chi connectivity index (χ3v) is 4.03. The number of hydrogen-bond acceptors (Lipinski definition) is 0. The van der Waals surface area contributed by atoms with E-state index < -0.39 is 0 Å². The predicted octanol–water partition coefficient (Wildman–Crippen LogP) is 4.75. The van der Waals surface area contributed by atoms with E-state index in [0.717, 1.165) is 0 Å². The van der Waals surface area contributed by atoms with E-state index in [4.69, 9.17) is 0 Å². The summed E-state index contributed by atoms with van der Waals surface area (Å²) in [7, 11) is 0. The Labute approximate surface area is 107 Å². The quantitative estimate of drug-likeness (QED) is 0.612. The number of aryl methyl sites for hydroxylation is 1. The highest BCUT2D eigenvalue weighted by molar-refractivity contribution is 5.97. The Bertz CT molecular complexity index is 742. The van der Waals surface area contributed by atoms with Crippen molar-refractivity contribution in [2.24, 2.45) is 0 Å². The second kappa shape index (κ2) is 3.46. The van der Waals surface area contributed by atoms with Crippen LogP contribution in [0.15, 0.2) is 60.2 Å². The molecule has 2 aromatic rings. The summed E-state index contributed by atoms with van der Waals surface area (Å²) in [4.78, 5) is 0. The van der Waals surface area contributed by atoms with Gasteiger partial charge in [0.2, 0.25) is 0 Å². The Morgan fingerprint density at radius 1 is 1.00 bits per heavy atom. The van der Waals surface area contributed by atoms with Gasteiger partial charge in [-0.05, 0) is 46.0 Å².